The highest BCUT2D eigenvalue weighted by atomic mass is 16.3. The second-order valence-electron chi connectivity index (χ2n) is 11.8. The van der Waals surface area contributed by atoms with Crippen molar-refractivity contribution in [3.63, 3.8) is 0 Å². The molecule has 2 bridgehead atoms. The SMILES string of the molecule is CC1CC2CC(CC(C)(C(N)=O)C2)C1O.N#Cc1ccccc1N1CCN(C(=O)N2CCCCC2)CC1. The third-order valence-corrected chi connectivity index (χ3v) is 9.00. The Bertz CT molecular complexity index is 994. The highest BCUT2D eigenvalue weighted by molar-refractivity contribution is 5.80. The van der Waals surface area contributed by atoms with Crippen LogP contribution in [0.4, 0.5) is 10.5 Å². The lowest BCUT2D eigenvalue weighted by Crippen LogP contribution is -2.53. The summed E-state index contributed by atoms with van der Waals surface area (Å²) in [6, 6.07) is 10.1. The van der Waals surface area contributed by atoms with E-state index in [4.69, 9.17) is 5.73 Å². The molecule has 37 heavy (non-hydrogen) atoms. The molecule has 5 rings (SSSR count). The molecule has 2 heterocycles. The largest absolute Gasteiger partial charge is 0.393 e. The van der Waals surface area contributed by atoms with Crippen molar-refractivity contribution in [1.82, 2.24) is 9.80 Å². The molecule has 8 nitrogen and oxygen atoms in total. The number of primary amides is 1. The van der Waals surface area contributed by atoms with Crippen LogP contribution in [0.15, 0.2) is 24.3 Å². The summed E-state index contributed by atoms with van der Waals surface area (Å²) in [7, 11) is 0. The number of piperidine rings is 1. The second kappa shape index (κ2) is 11.7. The van der Waals surface area contributed by atoms with Crippen molar-refractivity contribution >= 4 is 17.6 Å². The number of urea groups is 1. The first-order valence-electron chi connectivity index (χ1n) is 14.0. The minimum absolute atomic E-state index is 0.188. The maximum Gasteiger partial charge on any atom is 0.320 e. The zero-order chi connectivity index (χ0) is 26.6. The van der Waals surface area contributed by atoms with Crippen LogP contribution in [-0.4, -0.2) is 72.2 Å². The minimum Gasteiger partial charge on any atom is -0.393 e. The number of hydrogen-bond donors (Lipinski definition) is 2. The van der Waals surface area contributed by atoms with Gasteiger partial charge in [-0.15, -0.1) is 0 Å². The van der Waals surface area contributed by atoms with E-state index >= 15 is 0 Å². The summed E-state index contributed by atoms with van der Waals surface area (Å²) in [6.07, 6.45) is 7.06. The van der Waals surface area contributed by atoms with Gasteiger partial charge in [0.2, 0.25) is 5.91 Å². The van der Waals surface area contributed by atoms with E-state index in [9.17, 15) is 20.0 Å². The molecule has 5 atom stereocenters. The number of amides is 3. The number of benzene rings is 1. The van der Waals surface area contributed by atoms with Crippen LogP contribution in [0, 0.1) is 34.5 Å². The maximum atomic E-state index is 12.5. The number of rotatable bonds is 2. The monoisotopic (exact) mass is 509 g/mol. The van der Waals surface area contributed by atoms with Gasteiger partial charge in [-0.3, -0.25) is 4.79 Å². The number of para-hydroxylation sites is 1. The van der Waals surface area contributed by atoms with E-state index in [0.29, 0.717) is 17.4 Å². The van der Waals surface area contributed by atoms with Crippen molar-refractivity contribution in [2.45, 2.75) is 64.9 Å². The smallest absolute Gasteiger partial charge is 0.320 e. The maximum absolute atomic E-state index is 12.5. The Labute approximate surface area is 221 Å². The molecule has 1 aromatic carbocycles. The number of carbonyl (C=O) groups excluding carboxylic acids is 2. The van der Waals surface area contributed by atoms with Crippen LogP contribution in [-0.2, 0) is 4.79 Å². The van der Waals surface area contributed by atoms with Crippen LogP contribution in [0.25, 0.3) is 0 Å². The van der Waals surface area contributed by atoms with Crippen LogP contribution in [0.3, 0.4) is 0 Å². The van der Waals surface area contributed by atoms with Gasteiger partial charge in [0.15, 0.2) is 0 Å². The van der Waals surface area contributed by atoms with E-state index in [1.807, 2.05) is 41.0 Å². The van der Waals surface area contributed by atoms with E-state index in [-0.39, 0.29) is 29.4 Å². The summed E-state index contributed by atoms with van der Waals surface area (Å²) < 4.78 is 0. The van der Waals surface area contributed by atoms with Crippen LogP contribution in [0.5, 0.6) is 0 Å². The van der Waals surface area contributed by atoms with Gasteiger partial charge in [-0.2, -0.15) is 5.26 Å². The molecular weight excluding hydrogens is 466 g/mol. The molecule has 0 spiro atoms. The van der Waals surface area contributed by atoms with Gasteiger partial charge in [0.25, 0.3) is 0 Å². The zero-order valence-electron chi connectivity index (χ0n) is 22.4. The van der Waals surface area contributed by atoms with Crippen molar-refractivity contribution in [3.05, 3.63) is 29.8 Å². The number of nitriles is 1. The number of piperazine rings is 1. The third kappa shape index (κ3) is 6.20. The first-order valence-corrected chi connectivity index (χ1v) is 14.0. The molecule has 2 saturated carbocycles. The van der Waals surface area contributed by atoms with Crippen LogP contribution in [0.2, 0.25) is 0 Å². The molecule has 3 N–H and O–H groups in total. The Morgan fingerprint density at radius 1 is 1.00 bits per heavy atom. The summed E-state index contributed by atoms with van der Waals surface area (Å²) in [4.78, 5) is 30.1. The molecule has 3 amide bonds. The molecule has 2 aliphatic carbocycles. The van der Waals surface area contributed by atoms with Crippen molar-refractivity contribution < 1.29 is 14.7 Å². The number of anilines is 1. The summed E-state index contributed by atoms with van der Waals surface area (Å²) in [6.45, 7) is 8.90. The molecule has 4 aliphatic rings. The van der Waals surface area contributed by atoms with Gasteiger partial charge in [-0.05, 0) is 74.8 Å². The quantitative estimate of drug-likeness (QED) is 0.633. The summed E-state index contributed by atoms with van der Waals surface area (Å²) in [5.74, 6) is 1.05. The summed E-state index contributed by atoms with van der Waals surface area (Å²) >= 11 is 0. The molecule has 8 heteroatoms. The van der Waals surface area contributed by atoms with Crippen LogP contribution in [0.1, 0.15) is 64.4 Å². The number of carbonyl (C=O) groups is 2. The fourth-order valence-electron chi connectivity index (χ4n) is 6.93. The van der Waals surface area contributed by atoms with Gasteiger partial charge < -0.3 is 25.5 Å². The van der Waals surface area contributed by atoms with Crippen LogP contribution >= 0.6 is 0 Å². The molecule has 0 radical (unpaired) electrons. The third-order valence-electron chi connectivity index (χ3n) is 9.00. The Balaban J connectivity index is 0.000000186. The Morgan fingerprint density at radius 2 is 1.65 bits per heavy atom. The predicted molar refractivity (Wildman–Crippen MR) is 144 cm³/mol. The van der Waals surface area contributed by atoms with Gasteiger partial charge in [-0.1, -0.05) is 26.0 Å². The lowest BCUT2D eigenvalue weighted by molar-refractivity contribution is -0.135. The highest BCUT2D eigenvalue weighted by Crippen LogP contribution is 2.50. The number of hydrogen-bond acceptors (Lipinski definition) is 5. The molecule has 202 valence electrons. The zero-order valence-corrected chi connectivity index (χ0v) is 22.4. The first-order chi connectivity index (χ1) is 17.7. The van der Waals surface area contributed by atoms with E-state index in [2.05, 4.69) is 17.9 Å². The molecule has 0 aromatic heterocycles. The first kappa shape index (κ1) is 27.3. The van der Waals surface area contributed by atoms with Crippen molar-refractivity contribution in [1.29, 1.82) is 5.26 Å². The number of likely N-dealkylation sites (tertiary alicyclic amines) is 1. The van der Waals surface area contributed by atoms with Gasteiger partial charge in [0.1, 0.15) is 6.07 Å². The van der Waals surface area contributed by atoms with E-state index < -0.39 is 0 Å². The van der Waals surface area contributed by atoms with E-state index in [0.717, 1.165) is 83.5 Å². The number of fused-ring (bicyclic) bond motifs is 2. The molecule has 2 aliphatic heterocycles. The predicted octanol–water partition coefficient (Wildman–Crippen LogP) is 3.58. The van der Waals surface area contributed by atoms with Gasteiger partial charge >= 0.3 is 6.03 Å². The fourth-order valence-corrected chi connectivity index (χ4v) is 6.93. The van der Waals surface area contributed by atoms with E-state index in [1.54, 1.807) is 0 Å². The van der Waals surface area contributed by atoms with Crippen molar-refractivity contribution in [2.24, 2.45) is 28.9 Å². The van der Waals surface area contributed by atoms with Gasteiger partial charge in [0.05, 0.1) is 17.4 Å². The molecule has 5 unspecified atom stereocenters. The lowest BCUT2D eigenvalue weighted by Gasteiger charge is -2.48. The van der Waals surface area contributed by atoms with Gasteiger partial charge in [-0.25, -0.2) is 4.79 Å². The minimum atomic E-state index is -0.380. The summed E-state index contributed by atoms with van der Waals surface area (Å²) in [5, 5.41) is 19.3. The number of aliphatic hydroxyl groups excluding tert-OH is 1. The lowest BCUT2D eigenvalue weighted by atomic mass is 9.58. The number of nitrogens with two attached hydrogens (primary N) is 1. The fraction of sp³-hybridized carbons (Fsp3) is 0.690. The molecule has 1 aromatic rings. The normalized spacial score (nSPS) is 31.6. The number of nitrogens with zero attached hydrogens (tertiary/aromatic N) is 4. The molecule has 2 saturated heterocycles. The Kier molecular flexibility index (Phi) is 8.63. The average Bonchev–Trinajstić information content (AvgIpc) is 2.92. The topological polar surface area (TPSA) is 114 Å². The standard InChI is InChI=1S/C17H22N4O.C12H21NO2/c18-14-15-6-2-3-7-16(15)19-10-12-21(13-11-19)17(22)20-8-4-1-5-9-20;1-7-3-8-4-9(10(7)14)6-12(2,5-8)11(13)15/h2-3,6-7H,1,4-5,8-13H2;7-10,14H,3-6H2,1-2H3,(H2,13,15). The molecular formula is C29H43N5O3. The van der Waals surface area contributed by atoms with Crippen LogP contribution < -0.4 is 10.6 Å². The summed E-state index contributed by atoms with van der Waals surface area (Å²) in [5.41, 5.74) is 6.77. The average molecular weight is 510 g/mol. The highest BCUT2D eigenvalue weighted by Gasteiger charge is 2.47. The van der Waals surface area contributed by atoms with E-state index in [1.165, 1.54) is 6.42 Å². The van der Waals surface area contributed by atoms with Crippen molar-refractivity contribution in [2.75, 3.05) is 44.2 Å². The Morgan fingerprint density at radius 3 is 2.30 bits per heavy atom. The Hall–Kier alpha value is -2.79. The number of aliphatic hydroxyl groups is 1. The second-order valence-corrected chi connectivity index (χ2v) is 11.8. The van der Waals surface area contributed by atoms with Gasteiger partial charge in [0, 0.05) is 44.7 Å². The molecule has 4 fully saturated rings. The van der Waals surface area contributed by atoms with Crippen molar-refractivity contribution in [3.8, 4) is 6.07 Å².